The monoisotopic (exact) mass is 317 g/mol. The Labute approximate surface area is 131 Å². The molecule has 0 aliphatic heterocycles. The first-order valence-electron chi connectivity index (χ1n) is 7.04. The lowest BCUT2D eigenvalue weighted by Crippen LogP contribution is -2.14. The molecule has 4 nitrogen and oxygen atoms in total. The van der Waals surface area contributed by atoms with E-state index in [1.54, 1.807) is 24.3 Å². The van der Waals surface area contributed by atoms with Gasteiger partial charge >= 0.3 is 0 Å². The zero-order valence-corrected chi connectivity index (χ0v) is 13.6. The van der Waals surface area contributed by atoms with Gasteiger partial charge < -0.3 is 0 Å². The molecule has 2 aromatic rings. The predicted molar refractivity (Wildman–Crippen MR) is 87.6 cm³/mol. The standard InChI is InChI=1S/C17H19NO3S/c1-12(2)17(19)14-8-10-15(11-9-14)22(20,21)18-16-7-5-4-6-13(16)3/h4-12,18H,1-3H3. The maximum atomic E-state index is 12.4. The lowest BCUT2D eigenvalue weighted by molar-refractivity contribution is 0.0939. The second-order valence-electron chi connectivity index (χ2n) is 5.46. The second-order valence-corrected chi connectivity index (χ2v) is 7.15. The molecule has 5 heteroatoms. The molecule has 0 amide bonds. The summed E-state index contributed by atoms with van der Waals surface area (Å²) in [6, 6.07) is 13.2. The number of sulfonamides is 1. The highest BCUT2D eigenvalue weighted by molar-refractivity contribution is 7.92. The topological polar surface area (TPSA) is 63.2 Å². The Balaban J connectivity index is 2.27. The smallest absolute Gasteiger partial charge is 0.261 e. The van der Waals surface area contributed by atoms with Crippen LogP contribution in [0.3, 0.4) is 0 Å². The van der Waals surface area contributed by atoms with E-state index in [1.165, 1.54) is 12.1 Å². The van der Waals surface area contributed by atoms with Gasteiger partial charge in [0, 0.05) is 11.5 Å². The van der Waals surface area contributed by atoms with Crippen LogP contribution < -0.4 is 4.72 Å². The molecular formula is C17H19NO3S. The van der Waals surface area contributed by atoms with Crippen LogP contribution in [0.5, 0.6) is 0 Å². The number of hydrogen-bond donors (Lipinski definition) is 1. The summed E-state index contributed by atoms with van der Waals surface area (Å²) in [4.78, 5) is 12.0. The number of carbonyl (C=O) groups is 1. The average Bonchev–Trinajstić information content (AvgIpc) is 2.49. The molecule has 0 heterocycles. The van der Waals surface area contributed by atoms with E-state index in [9.17, 15) is 13.2 Å². The molecule has 0 radical (unpaired) electrons. The summed E-state index contributed by atoms with van der Waals surface area (Å²) in [6.07, 6.45) is 0. The van der Waals surface area contributed by atoms with Gasteiger partial charge in [0.2, 0.25) is 0 Å². The molecule has 0 atom stereocenters. The number of benzene rings is 2. The third-order valence-corrected chi connectivity index (χ3v) is 4.74. The minimum Gasteiger partial charge on any atom is -0.294 e. The number of aryl methyl sites for hydroxylation is 1. The molecule has 2 rings (SSSR count). The SMILES string of the molecule is Cc1ccccc1NS(=O)(=O)c1ccc(C(=O)C(C)C)cc1. The number of hydrogen-bond acceptors (Lipinski definition) is 3. The minimum atomic E-state index is -3.66. The van der Waals surface area contributed by atoms with Crippen molar-refractivity contribution in [3.05, 3.63) is 59.7 Å². The van der Waals surface area contributed by atoms with Crippen molar-refractivity contribution >= 4 is 21.5 Å². The Bertz CT molecular complexity index is 778. The van der Waals surface area contributed by atoms with E-state index < -0.39 is 10.0 Å². The largest absolute Gasteiger partial charge is 0.294 e. The lowest BCUT2D eigenvalue weighted by Gasteiger charge is -2.11. The highest BCUT2D eigenvalue weighted by atomic mass is 32.2. The first-order chi connectivity index (χ1) is 10.3. The summed E-state index contributed by atoms with van der Waals surface area (Å²) in [5.74, 6) is -0.122. The van der Waals surface area contributed by atoms with Gasteiger partial charge in [-0.05, 0) is 30.7 Å². The van der Waals surface area contributed by atoms with Crippen LogP contribution in [0.2, 0.25) is 0 Å². The molecule has 22 heavy (non-hydrogen) atoms. The third kappa shape index (κ3) is 3.54. The fraction of sp³-hybridized carbons (Fsp3) is 0.235. The van der Waals surface area contributed by atoms with Crippen molar-refractivity contribution in [2.75, 3.05) is 4.72 Å². The average molecular weight is 317 g/mol. The number of Topliss-reactive ketones (excluding diaryl/α,β-unsaturated/α-hetero) is 1. The van der Waals surface area contributed by atoms with E-state index in [0.29, 0.717) is 11.3 Å². The predicted octanol–water partition coefficient (Wildman–Crippen LogP) is 3.63. The quantitative estimate of drug-likeness (QED) is 0.856. The van der Waals surface area contributed by atoms with Crippen molar-refractivity contribution < 1.29 is 13.2 Å². The molecule has 0 fully saturated rings. The van der Waals surface area contributed by atoms with Gasteiger partial charge in [0.1, 0.15) is 0 Å². The number of carbonyl (C=O) groups excluding carboxylic acids is 1. The molecule has 0 saturated carbocycles. The summed E-state index contributed by atoms with van der Waals surface area (Å²) in [5, 5.41) is 0. The van der Waals surface area contributed by atoms with Crippen molar-refractivity contribution in [1.29, 1.82) is 0 Å². The Hall–Kier alpha value is -2.14. The maximum Gasteiger partial charge on any atom is 0.261 e. The minimum absolute atomic E-state index is 0.00388. The van der Waals surface area contributed by atoms with Crippen LogP contribution in [0.1, 0.15) is 29.8 Å². The Kier molecular flexibility index (Phi) is 4.66. The molecule has 116 valence electrons. The van der Waals surface area contributed by atoms with Crippen LogP contribution in [0.4, 0.5) is 5.69 Å². The molecule has 0 unspecified atom stereocenters. The van der Waals surface area contributed by atoms with E-state index in [1.807, 2.05) is 32.9 Å². The first kappa shape index (κ1) is 16.2. The number of rotatable bonds is 5. The number of ketones is 1. The van der Waals surface area contributed by atoms with Gasteiger partial charge in [0.05, 0.1) is 10.6 Å². The summed E-state index contributed by atoms with van der Waals surface area (Å²) in [6.45, 7) is 5.46. The maximum absolute atomic E-state index is 12.4. The van der Waals surface area contributed by atoms with Gasteiger partial charge in [-0.15, -0.1) is 0 Å². The van der Waals surface area contributed by atoms with Crippen LogP contribution in [0, 0.1) is 12.8 Å². The first-order valence-corrected chi connectivity index (χ1v) is 8.52. The van der Waals surface area contributed by atoms with Crippen LogP contribution >= 0.6 is 0 Å². The molecule has 2 aromatic carbocycles. The van der Waals surface area contributed by atoms with Gasteiger partial charge in [-0.3, -0.25) is 9.52 Å². The third-order valence-electron chi connectivity index (χ3n) is 3.36. The van der Waals surface area contributed by atoms with Gasteiger partial charge in [0.15, 0.2) is 5.78 Å². The number of nitrogens with one attached hydrogen (secondary N) is 1. The molecule has 0 bridgehead atoms. The molecule has 0 aliphatic rings. The Morgan fingerprint density at radius 1 is 1.00 bits per heavy atom. The normalized spacial score (nSPS) is 11.5. The van der Waals surface area contributed by atoms with Gasteiger partial charge in [-0.1, -0.05) is 44.2 Å². The van der Waals surface area contributed by atoms with Gasteiger partial charge in [0.25, 0.3) is 10.0 Å². The summed E-state index contributed by atoms with van der Waals surface area (Å²) in [7, 11) is -3.66. The van der Waals surface area contributed by atoms with Crippen molar-refractivity contribution in [3.8, 4) is 0 Å². The molecule has 0 aliphatic carbocycles. The van der Waals surface area contributed by atoms with E-state index in [2.05, 4.69) is 4.72 Å². The van der Waals surface area contributed by atoms with Gasteiger partial charge in [-0.2, -0.15) is 0 Å². The van der Waals surface area contributed by atoms with E-state index in [4.69, 9.17) is 0 Å². The lowest BCUT2D eigenvalue weighted by atomic mass is 10.0. The summed E-state index contributed by atoms with van der Waals surface area (Å²) >= 11 is 0. The van der Waals surface area contributed by atoms with Crippen molar-refractivity contribution in [2.24, 2.45) is 5.92 Å². The highest BCUT2D eigenvalue weighted by Crippen LogP contribution is 2.20. The van der Waals surface area contributed by atoms with E-state index in [-0.39, 0.29) is 16.6 Å². The zero-order valence-electron chi connectivity index (χ0n) is 12.8. The number of anilines is 1. The Morgan fingerprint density at radius 3 is 2.14 bits per heavy atom. The molecule has 0 aromatic heterocycles. The fourth-order valence-corrected chi connectivity index (χ4v) is 3.15. The van der Waals surface area contributed by atoms with E-state index >= 15 is 0 Å². The highest BCUT2D eigenvalue weighted by Gasteiger charge is 2.16. The second kappa shape index (κ2) is 6.32. The van der Waals surface area contributed by atoms with Crippen molar-refractivity contribution in [1.82, 2.24) is 0 Å². The van der Waals surface area contributed by atoms with Crippen molar-refractivity contribution in [3.63, 3.8) is 0 Å². The van der Waals surface area contributed by atoms with E-state index in [0.717, 1.165) is 5.56 Å². The van der Waals surface area contributed by atoms with Gasteiger partial charge in [-0.25, -0.2) is 8.42 Å². The molecular weight excluding hydrogens is 298 g/mol. The number of para-hydroxylation sites is 1. The molecule has 0 saturated heterocycles. The van der Waals surface area contributed by atoms with Crippen molar-refractivity contribution in [2.45, 2.75) is 25.7 Å². The molecule has 0 spiro atoms. The van der Waals surface area contributed by atoms with Crippen LogP contribution in [-0.2, 0) is 10.0 Å². The summed E-state index contributed by atoms with van der Waals surface area (Å²) in [5.41, 5.74) is 1.91. The zero-order chi connectivity index (χ0) is 16.3. The molecule has 1 N–H and O–H groups in total. The van der Waals surface area contributed by atoms with Crippen LogP contribution in [0.15, 0.2) is 53.4 Å². The fourth-order valence-electron chi connectivity index (χ4n) is 2.02. The van der Waals surface area contributed by atoms with Crippen LogP contribution in [0.25, 0.3) is 0 Å². The Morgan fingerprint density at radius 2 is 1.59 bits per heavy atom. The summed E-state index contributed by atoms with van der Waals surface area (Å²) < 4.78 is 27.3. The van der Waals surface area contributed by atoms with Crippen LogP contribution in [-0.4, -0.2) is 14.2 Å².